The molecule has 0 atom stereocenters. The number of anilines is 1. The van der Waals surface area contributed by atoms with Crippen LogP contribution in [0.5, 0.6) is 0 Å². The Morgan fingerprint density at radius 1 is 1.03 bits per heavy atom. The van der Waals surface area contributed by atoms with Crippen LogP contribution in [0.3, 0.4) is 0 Å². The fraction of sp³-hybridized carbons (Fsp3) is 0.348. The maximum atomic E-state index is 13.4. The molecule has 0 spiro atoms. The molecular weight excluding hydrogens is 429 g/mol. The predicted molar refractivity (Wildman–Crippen MR) is 123 cm³/mol. The number of thioether (sulfide) groups is 1. The van der Waals surface area contributed by atoms with Gasteiger partial charge in [0.25, 0.3) is 0 Å². The summed E-state index contributed by atoms with van der Waals surface area (Å²) in [6, 6.07) is 15.7. The number of morpholine rings is 1. The van der Waals surface area contributed by atoms with Crippen molar-refractivity contribution in [3.8, 4) is 11.4 Å². The number of aromatic nitrogens is 3. The maximum Gasteiger partial charge on any atom is 0.225 e. The number of benzene rings is 2. The number of carbonyl (C=O) groups excluding carboxylic acids is 1. The van der Waals surface area contributed by atoms with Crippen molar-refractivity contribution in [2.45, 2.75) is 18.1 Å². The third kappa shape index (κ3) is 6.15. The summed E-state index contributed by atoms with van der Waals surface area (Å²) >= 11 is 1.50. The summed E-state index contributed by atoms with van der Waals surface area (Å²) in [7, 11) is 0. The molecule has 9 heteroatoms. The molecule has 1 saturated heterocycles. The Hall–Kier alpha value is -2.75. The number of hydrogen-bond acceptors (Lipinski definition) is 6. The van der Waals surface area contributed by atoms with E-state index in [1.807, 2.05) is 30.3 Å². The molecule has 32 heavy (non-hydrogen) atoms. The number of amides is 1. The van der Waals surface area contributed by atoms with Crippen LogP contribution in [0.15, 0.2) is 59.8 Å². The second kappa shape index (κ2) is 11.2. The topological polar surface area (TPSA) is 72.3 Å². The molecule has 0 unspecified atom stereocenters. The number of nitrogens with one attached hydrogen (secondary N) is 1. The van der Waals surface area contributed by atoms with Crippen molar-refractivity contribution in [3.63, 3.8) is 0 Å². The van der Waals surface area contributed by atoms with E-state index in [1.165, 1.54) is 23.9 Å². The third-order valence-electron chi connectivity index (χ3n) is 5.18. The van der Waals surface area contributed by atoms with E-state index in [0.717, 1.165) is 49.3 Å². The van der Waals surface area contributed by atoms with Gasteiger partial charge in [0.1, 0.15) is 5.82 Å². The maximum absolute atomic E-state index is 13.4. The lowest BCUT2D eigenvalue weighted by Gasteiger charge is -2.27. The van der Waals surface area contributed by atoms with Gasteiger partial charge in [-0.3, -0.25) is 9.69 Å². The molecule has 2 heterocycles. The molecule has 0 radical (unpaired) electrons. The number of nitrogens with zero attached hydrogens (tertiary/aromatic N) is 4. The van der Waals surface area contributed by atoms with Crippen LogP contribution in [-0.4, -0.2) is 64.2 Å². The van der Waals surface area contributed by atoms with Gasteiger partial charge in [-0.15, -0.1) is 10.2 Å². The number of hydrogen-bond donors (Lipinski definition) is 1. The van der Waals surface area contributed by atoms with Gasteiger partial charge in [-0.05, 0) is 36.4 Å². The molecule has 0 saturated carbocycles. The lowest BCUT2D eigenvalue weighted by molar-refractivity contribution is -0.115. The molecule has 3 aromatic rings. The Morgan fingerprint density at radius 2 is 1.78 bits per heavy atom. The second-order valence-electron chi connectivity index (χ2n) is 7.43. The highest BCUT2D eigenvalue weighted by Gasteiger charge is 2.17. The van der Waals surface area contributed by atoms with E-state index in [9.17, 15) is 9.18 Å². The molecular formula is C23H26FN5O2S. The first kappa shape index (κ1) is 22.4. The van der Waals surface area contributed by atoms with Gasteiger partial charge in [0.05, 0.1) is 13.2 Å². The molecule has 1 aromatic heterocycles. The fourth-order valence-corrected chi connectivity index (χ4v) is 4.36. The quantitative estimate of drug-likeness (QED) is 0.498. The van der Waals surface area contributed by atoms with E-state index in [-0.39, 0.29) is 11.7 Å². The molecule has 2 aromatic carbocycles. The Bertz CT molecular complexity index is 1010. The monoisotopic (exact) mass is 455 g/mol. The first-order chi connectivity index (χ1) is 15.7. The highest BCUT2D eigenvalue weighted by atomic mass is 32.2. The van der Waals surface area contributed by atoms with Crippen molar-refractivity contribution in [1.82, 2.24) is 19.7 Å². The van der Waals surface area contributed by atoms with Crippen LogP contribution < -0.4 is 5.32 Å². The minimum atomic E-state index is -0.285. The average Bonchev–Trinajstić information content (AvgIpc) is 3.22. The number of para-hydroxylation sites is 1. The zero-order valence-corrected chi connectivity index (χ0v) is 18.6. The Morgan fingerprint density at radius 3 is 2.53 bits per heavy atom. The van der Waals surface area contributed by atoms with E-state index in [1.54, 1.807) is 12.1 Å². The minimum absolute atomic E-state index is 0.0400. The average molecular weight is 456 g/mol. The molecule has 1 N–H and O–H groups in total. The highest BCUT2D eigenvalue weighted by Crippen LogP contribution is 2.25. The van der Waals surface area contributed by atoms with Crippen molar-refractivity contribution >= 4 is 23.4 Å². The summed E-state index contributed by atoms with van der Waals surface area (Å²) in [4.78, 5) is 14.6. The van der Waals surface area contributed by atoms with Crippen LogP contribution in [-0.2, 0) is 16.1 Å². The van der Waals surface area contributed by atoms with Gasteiger partial charge < -0.3 is 14.6 Å². The standard InChI is InChI=1S/C23H26FN5O2S/c24-19-8-6-18(7-9-19)22-26-27-23(29(22)12-11-28-13-15-31-16-14-28)32-17-10-21(30)25-20-4-2-1-3-5-20/h1-9H,10-17H2,(H,25,30). The lowest BCUT2D eigenvalue weighted by Crippen LogP contribution is -2.38. The van der Waals surface area contributed by atoms with Gasteiger partial charge in [-0.25, -0.2) is 4.39 Å². The highest BCUT2D eigenvalue weighted by molar-refractivity contribution is 7.99. The first-order valence-electron chi connectivity index (χ1n) is 10.7. The summed E-state index contributed by atoms with van der Waals surface area (Å²) in [5.74, 6) is 0.959. The molecule has 4 rings (SSSR count). The van der Waals surface area contributed by atoms with Crippen LogP contribution in [0.2, 0.25) is 0 Å². The van der Waals surface area contributed by atoms with Gasteiger partial charge in [0.2, 0.25) is 5.91 Å². The summed E-state index contributed by atoms with van der Waals surface area (Å²) in [6.45, 7) is 4.83. The van der Waals surface area contributed by atoms with E-state index >= 15 is 0 Å². The number of ether oxygens (including phenoxy) is 1. The fourth-order valence-electron chi connectivity index (χ4n) is 3.46. The van der Waals surface area contributed by atoms with Gasteiger partial charge in [0, 0.05) is 49.6 Å². The SMILES string of the molecule is O=C(CCSc1nnc(-c2ccc(F)cc2)n1CCN1CCOCC1)Nc1ccccc1. The van der Waals surface area contributed by atoms with E-state index < -0.39 is 0 Å². The first-order valence-corrected chi connectivity index (χ1v) is 11.6. The van der Waals surface area contributed by atoms with E-state index in [0.29, 0.717) is 24.5 Å². The van der Waals surface area contributed by atoms with E-state index in [4.69, 9.17) is 4.74 Å². The number of carbonyl (C=O) groups is 1. The molecule has 1 fully saturated rings. The minimum Gasteiger partial charge on any atom is -0.379 e. The van der Waals surface area contributed by atoms with Gasteiger partial charge in [0.15, 0.2) is 11.0 Å². The summed E-state index contributed by atoms with van der Waals surface area (Å²) < 4.78 is 20.9. The third-order valence-corrected chi connectivity index (χ3v) is 6.15. The van der Waals surface area contributed by atoms with Crippen molar-refractivity contribution in [3.05, 3.63) is 60.4 Å². The predicted octanol–water partition coefficient (Wildman–Crippen LogP) is 3.54. The zero-order chi connectivity index (χ0) is 22.2. The van der Waals surface area contributed by atoms with Crippen LogP contribution in [0, 0.1) is 5.82 Å². The lowest BCUT2D eigenvalue weighted by atomic mass is 10.2. The van der Waals surface area contributed by atoms with Crippen molar-refractivity contribution in [2.75, 3.05) is 43.9 Å². The number of halogens is 1. The van der Waals surface area contributed by atoms with Gasteiger partial charge >= 0.3 is 0 Å². The summed E-state index contributed by atoms with van der Waals surface area (Å²) in [6.07, 6.45) is 0.363. The van der Waals surface area contributed by atoms with Gasteiger partial charge in [-0.1, -0.05) is 30.0 Å². The molecule has 1 aliphatic rings. The van der Waals surface area contributed by atoms with Crippen LogP contribution in [0.1, 0.15) is 6.42 Å². The Labute approximate surface area is 191 Å². The van der Waals surface area contributed by atoms with Crippen molar-refractivity contribution in [1.29, 1.82) is 0 Å². The molecule has 1 aliphatic heterocycles. The zero-order valence-electron chi connectivity index (χ0n) is 17.7. The smallest absolute Gasteiger partial charge is 0.225 e. The molecule has 0 aliphatic carbocycles. The van der Waals surface area contributed by atoms with Crippen LogP contribution in [0.25, 0.3) is 11.4 Å². The van der Waals surface area contributed by atoms with Crippen LogP contribution >= 0.6 is 11.8 Å². The summed E-state index contributed by atoms with van der Waals surface area (Å²) in [5.41, 5.74) is 1.60. The largest absolute Gasteiger partial charge is 0.379 e. The second-order valence-corrected chi connectivity index (χ2v) is 8.49. The van der Waals surface area contributed by atoms with E-state index in [2.05, 4.69) is 25.0 Å². The van der Waals surface area contributed by atoms with Crippen molar-refractivity contribution in [2.24, 2.45) is 0 Å². The molecule has 0 bridgehead atoms. The Balaban J connectivity index is 1.41. The normalized spacial score (nSPS) is 14.4. The molecule has 7 nitrogen and oxygen atoms in total. The molecule has 168 valence electrons. The van der Waals surface area contributed by atoms with Gasteiger partial charge in [-0.2, -0.15) is 0 Å². The van der Waals surface area contributed by atoms with Crippen molar-refractivity contribution < 1.29 is 13.9 Å². The number of rotatable bonds is 9. The van der Waals surface area contributed by atoms with Crippen LogP contribution in [0.4, 0.5) is 10.1 Å². The summed E-state index contributed by atoms with van der Waals surface area (Å²) in [5, 5.41) is 12.4. The molecule has 1 amide bonds. The Kier molecular flexibility index (Phi) is 7.87.